The van der Waals surface area contributed by atoms with E-state index in [1.54, 1.807) is 0 Å². The number of nitrogens with zero attached hydrogens (tertiary/aromatic N) is 1. The molecule has 0 saturated carbocycles. The molecule has 2 aromatic rings. The van der Waals surface area contributed by atoms with Gasteiger partial charge in [-0.15, -0.1) is 0 Å². The van der Waals surface area contributed by atoms with Gasteiger partial charge in [0.1, 0.15) is 0 Å². The second-order valence-electron chi connectivity index (χ2n) is 5.86. The molecule has 0 bridgehead atoms. The van der Waals surface area contributed by atoms with Crippen molar-refractivity contribution in [1.29, 1.82) is 0 Å². The van der Waals surface area contributed by atoms with Gasteiger partial charge in [0.15, 0.2) is 0 Å². The van der Waals surface area contributed by atoms with Crippen LogP contribution in [0.4, 0.5) is 0 Å². The first-order chi connectivity index (χ1) is 10.6. The lowest BCUT2D eigenvalue weighted by molar-refractivity contribution is 0.417. The Balaban J connectivity index is 2.13. The highest BCUT2D eigenvalue weighted by atomic mass is 35.5. The lowest BCUT2D eigenvalue weighted by atomic mass is 9.93. The summed E-state index contributed by atoms with van der Waals surface area (Å²) in [6, 6.07) is 14.7. The zero-order valence-electron chi connectivity index (χ0n) is 13.0. The smallest absolute Gasteiger partial charge is 0.0412 e. The number of halogens is 1. The average Bonchev–Trinajstić information content (AvgIpc) is 2.65. The van der Waals surface area contributed by atoms with Crippen LogP contribution in [0.5, 0.6) is 0 Å². The van der Waals surface area contributed by atoms with E-state index in [0.717, 1.165) is 18.0 Å². The van der Waals surface area contributed by atoms with Crippen molar-refractivity contribution in [2.75, 3.05) is 20.6 Å². The SMILES string of the molecule is CN(C)CC/C=C1\c2ccccc2C=Cc2ccc(Cl)cc21. The molecule has 0 radical (unpaired) electrons. The third kappa shape index (κ3) is 3.16. The first-order valence-corrected chi connectivity index (χ1v) is 7.95. The first-order valence-electron chi connectivity index (χ1n) is 7.57. The molecular weight excluding hydrogens is 290 g/mol. The van der Waals surface area contributed by atoms with Crippen molar-refractivity contribution in [3.8, 4) is 0 Å². The summed E-state index contributed by atoms with van der Waals surface area (Å²) in [5.41, 5.74) is 6.24. The average molecular weight is 310 g/mol. The van der Waals surface area contributed by atoms with Crippen LogP contribution in [0.25, 0.3) is 17.7 Å². The monoisotopic (exact) mass is 309 g/mol. The molecule has 0 aliphatic heterocycles. The van der Waals surface area contributed by atoms with E-state index in [1.807, 2.05) is 6.07 Å². The van der Waals surface area contributed by atoms with Gasteiger partial charge in [-0.2, -0.15) is 0 Å². The van der Waals surface area contributed by atoms with Crippen LogP contribution in [0.3, 0.4) is 0 Å². The summed E-state index contributed by atoms with van der Waals surface area (Å²) in [7, 11) is 4.21. The first kappa shape index (κ1) is 15.1. The van der Waals surface area contributed by atoms with Gasteiger partial charge < -0.3 is 4.90 Å². The lowest BCUT2D eigenvalue weighted by Gasteiger charge is -2.13. The van der Waals surface area contributed by atoms with Crippen LogP contribution in [-0.4, -0.2) is 25.5 Å². The highest BCUT2D eigenvalue weighted by molar-refractivity contribution is 6.30. The summed E-state index contributed by atoms with van der Waals surface area (Å²) >= 11 is 6.25. The van der Waals surface area contributed by atoms with Crippen LogP contribution in [0.15, 0.2) is 48.5 Å². The molecule has 0 unspecified atom stereocenters. The number of benzene rings is 2. The summed E-state index contributed by atoms with van der Waals surface area (Å²) in [4.78, 5) is 2.21. The Morgan fingerprint density at radius 1 is 0.955 bits per heavy atom. The van der Waals surface area contributed by atoms with Crippen molar-refractivity contribution >= 4 is 29.3 Å². The molecule has 112 valence electrons. The quantitative estimate of drug-likeness (QED) is 0.642. The molecular formula is C20H20ClN. The maximum Gasteiger partial charge on any atom is 0.0412 e. The van der Waals surface area contributed by atoms with Crippen LogP contribution < -0.4 is 0 Å². The van der Waals surface area contributed by atoms with Gasteiger partial charge in [-0.3, -0.25) is 0 Å². The second kappa shape index (κ2) is 6.51. The van der Waals surface area contributed by atoms with Crippen molar-refractivity contribution < 1.29 is 0 Å². The zero-order valence-corrected chi connectivity index (χ0v) is 13.8. The van der Waals surface area contributed by atoms with Gasteiger partial charge in [-0.25, -0.2) is 0 Å². The van der Waals surface area contributed by atoms with Gasteiger partial charge >= 0.3 is 0 Å². The third-order valence-corrected chi connectivity index (χ3v) is 4.16. The normalized spacial score (nSPS) is 14.8. The molecule has 1 aliphatic rings. The summed E-state index contributed by atoms with van der Waals surface area (Å²) in [6.45, 7) is 1.04. The highest BCUT2D eigenvalue weighted by Crippen LogP contribution is 2.35. The molecule has 0 fully saturated rings. The molecule has 1 aliphatic carbocycles. The Morgan fingerprint density at radius 3 is 2.45 bits per heavy atom. The van der Waals surface area contributed by atoms with Gasteiger partial charge in [0, 0.05) is 11.6 Å². The minimum Gasteiger partial charge on any atom is -0.309 e. The third-order valence-electron chi connectivity index (χ3n) is 3.92. The fourth-order valence-corrected chi connectivity index (χ4v) is 2.98. The van der Waals surface area contributed by atoms with Crippen molar-refractivity contribution in [1.82, 2.24) is 4.90 Å². The molecule has 0 amide bonds. The zero-order chi connectivity index (χ0) is 15.5. The summed E-state index contributed by atoms with van der Waals surface area (Å²) in [6.07, 6.45) is 7.72. The van der Waals surface area contributed by atoms with Crippen molar-refractivity contribution in [2.24, 2.45) is 0 Å². The van der Waals surface area contributed by atoms with Crippen LogP contribution in [0.2, 0.25) is 5.02 Å². The predicted molar refractivity (Wildman–Crippen MR) is 97.1 cm³/mol. The molecule has 1 nitrogen and oxygen atoms in total. The predicted octanol–water partition coefficient (Wildman–Crippen LogP) is 5.21. The highest BCUT2D eigenvalue weighted by Gasteiger charge is 2.14. The number of fused-ring (bicyclic) bond motifs is 2. The Hall–Kier alpha value is -1.83. The van der Waals surface area contributed by atoms with Crippen LogP contribution >= 0.6 is 11.6 Å². The molecule has 0 aromatic heterocycles. The molecule has 2 aromatic carbocycles. The fourth-order valence-electron chi connectivity index (χ4n) is 2.81. The van der Waals surface area contributed by atoms with Crippen LogP contribution in [0, 0.1) is 0 Å². The van der Waals surface area contributed by atoms with Gasteiger partial charge in [0.05, 0.1) is 0 Å². The summed E-state index contributed by atoms with van der Waals surface area (Å²) in [5, 5.41) is 0.782. The number of hydrogen-bond donors (Lipinski definition) is 0. The minimum absolute atomic E-state index is 0.782. The van der Waals surface area contributed by atoms with Crippen molar-refractivity contribution in [3.05, 3.63) is 75.8 Å². The minimum atomic E-state index is 0.782. The number of rotatable bonds is 3. The van der Waals surface area contributed by atoms with E-state index in [9.17, 15) is 0 Å². The summed E-state index contributed by atoms with van der Waals surface area (Å²) < 4.78 is 0. The van der Waals surface area contributed by atoms with Gasteiger partial charge in [-0.1, -0.05) is 60.2 Å². The van der Waals surface area contributed by atoms with Crippen molar-refractivity contribution in [3.63, 3.8) is 0 Å². The molecule has 0 heterocycles. The standard InChI is InChI=1S/C20H20ClN/c1-22(2)13-5-8-19-18-7-4-3-6-15(18)9-10-16-11-12-17(21)14-20(16)19/h3-4,6-12,14H,5,13H2,1-2H3/b19-8+. The molecule has 3 rings (SSSR count). The van der Waals surface area contributed by atoms with E-state index in [4.69, 9.17) is 11.6 Å². The van der Waals surface area contributed by atoms with E-state index in [2.05, 4.69) is 73.6 Å². The molecule has 22 heavy (non-hydrogen) atoms. The Kier molecular flexibility index (Phi) is 4.47. The maximum atomic E-state index is 6.25. The van der Waals surface area contributed by atoms with Gasteiger partial charge in [-0.05, 0) is 60.5 Å². The molecule has 0 N–H and O–H groups in total. The Labute approximate surface area is 137 Å². The van der Waals surface area contributed by atoms with Crippen LogP contribution in [0.1, 0.15) is 28.7 Å². The van der Waals surface area contributed by atoms with E-state index in [0.29, 0.717) is 0 Å². The van der Waals surface area contributed by atoms with E-state index < -0.39 is 0 Å². The number of hydrogen-bond acceptors (Lipinski definition) is 1. The van der Waals surface area contributed by atoms with Gasteiger partial charge in [0.2, 0.25) is 0 Å². The molecule has 0 spiro atoms. The van der Waals surface area contributed by atoms with E-state index >= 15 is 0 Å². The van der Waals surface area contributed by atoms with E-state index in [-0.39, 0.29) is 0 Å². The molecule has 0 saturated heterocycles. The largest absolute Gasteiger partial charge is 0.309 e. The summed E-state index contributed by atoms with van der Waals surface area (Å²) in [5.74, 6) is 0. The maximum absolute atomic E-state index is 6.25. The second-order valence-corrected chi connectivity index (χ2v) is 6.30. The van der Waals surface area contributed by atoms with Crippen molar-refractivity contribution in [2.45, 2.75) is 6.42 Å². The topological polar surface area (TPSA) is 3.24 Å². The van der Waals surface area contributed by atoms with Gasteiger partial charge in [0.25, 0.3) is 0 Å². The Morgan fingerprint density at radius 2 is 1.68 bits per heavy atom. The molecule has 2 heteroatoms. The lowest BCUT2D eigenvalue weighted by Crippen LogP contribution is -2.12. The van der Waals surface area contributed by atoms with E-state index in [1.165, 1.54) is 27.8 Å². The Bertz CT molecular complexity index is 741. The van der Waals surface area contributed by atoms with Crippen LogP contribution in [-0.2, 0) is 0 Å². The molecule has 0 atom stereocenters. The fraction of sp³-hybridized carbons (Fsp3) is 0.200.